The molecule has 0 aromatic carbocycles. The molecule has 0 spiro atoms. The van der Waals surface area contributed by atoms with Crippen molar-refractivity contribution in [2.75, 3.05) is 0 Å². The number of allylic oxidation sites excluding steroid dienone is 1. The molecule has 0 aliphatic heterocycles. The first-order valence-corrected chi connectivity index (χ1v) is 10.3. The van der Waals surface area contributed by atoms with Crippen LogP contribution in [0.4, 0.5) is 0 Å². The highest BCUT2D eigenvalue weighted by molar-refractivity contribution is 8.03. The summed E-state index contributed by atoms with van der Waals surface area (Å²) >= 11 is 1.97. The molecule has 1 aliphatic rings. The fourth-order valence-electron chi connectivity index (χ4n) is 1.80. The molecule has 88 valence electrons. The Morgan fingerprint density at radius 2 is 1.80 bits per heavy atom. The van der Waals surface area contributed by atoms with Crippen LogP contribution >= 0.6 is 11.8 Å². The van der Waals surface area contributed by atoms with Crippen LogP contribution in [0.3, 0.4) is 0 Å². The molecule has 0 amide bonds. The van der Waals surface area contributed by atoms with Gasteiger partial charge in [-0.15, -0.1) is 0 Å². The second-order valence-corrected chi connectivity index (χ2v) is 10.9. The van der Waals surface area contributed by atoms with E-state index in [4.69, 9.17) is 4.43 Å². The Labute approximate surface area is 99.8 Å². The summed E-state index contributed by atoms with van der Waals surface area (Å²) in [6.45, 7) is 8.83. The van der Waals surface area contributed by atoms with Gasteiger partial charge in [-0.2, -0.15) is 0 Å². The van der Waals surface area contributed by atoms with Gasteiger partial charge in [-0.1, -0.05) is 31.0 Å². The van der Waals surface area contributed by atoms with E-state index < -0.39 is 8.32 Å². The van der Waals surface area contributed by atoms with Gasteiger partial charge in [0.1, 0.15) is 5.09 Å². The van der Waals surface area contributed by atoms with Crippen molar-refractivity contribution in [1.82, 2.24) is 0 Å². The molecule has 1 rings (SSSR count). The summed E-state index contributed by atoms with van der Waals surface area (Å²) in [5, 5.41) is 1.97. The van der Waals surface area contributed by atoms with Gasteiger partial charge in [0, 0.05) is 5.25 Å². The number of hydrogen-bond donors (Lipinski definition) is 0. The average Bonchev–Trinajstić information content (AvgIpc) is 2.16. The van der Waals surface area contributed by atoms with Crippen molar-refractivity contribution < 1.29 is 4.43 Å². The maximum atomic E-state index is 6.05. The minimum atomic E-state index is -1.41. The summed E-state index contributed by atoms with van der Waals surface area (Å²) in [5.74, 6) is 0. The van der Waals surface area contributed by atoms with Crippen LogP contribution in [0.2, 0.25) is 19.6 Å². The Bertz CT molecular complexity index is 214. The minimum absolute atomic E-state index is 0.807. The highest BCUT2D eigenvalue weighted by Crippen LogP contribution is 2.34. The first-order valence-electron chi connectivity index (χ1n) is 6.03. The van der Waals surface area contributed by atoms with E-state index in [9.17, 15) is 0 Å². The van der Waals surface area contributed by atoms with Crippen molar-refractivity contribution in [1.29, 1.82) is 0 Å². The van der Waals surface area contributed by atoms with Crippen LogP contribution in [0.25, 0.3) is 0 Å². The molecule has 0 N–H and O–H groups in total. The van der Waals surface area contributed by atoms with Crippen molar-refractivity contribution in [2.45, 2.75) is 63.9 Å². The quantitative estimate of drug-likeness (QED) is 0.520. The molecule has 0 radical (unpaired) electrons. The van der Waals surface area contributed by atoms with E-state index in [1.165, 1.54) is 37.2 Å². The first kappa shape index (κ1) is 13.2. The van der Waals surface area contributed by atoms with Crippen molar-refractivity contribution in [3.05, 3.63) is 11.2 Å². The molecule has 0 heterocycles. The normalized spacial score (nSPS) is 20.4. The highest BCUT2D eigenvalue weighted by Gasteiger charge is 2.21. The van der Waals surface area contributed by atoms with Crippen molar-refractivity contribution in [2.24, 2.45) is 0 Å². The Morgan fingerprint density at radius 3 is 2.27 bits per heavy atom. The van der Waals surface area contributed by atoms with Crippen molar-refractivity contribution in [3.63, 3.8) is 0 Å². The molecule has 1 aliphatic carbocycles. The SMILES string of the molecule is C/C=C(\O[Si](C)(C)C)SC1CCCCC1. The number of thioether (sulfide) groups is 1. The van der Waals surface area contributed by atoms with Gasteiger partial charge < -0.3 is 4.43 Å². The maximum absolute atomic E-state index is 6.05. The summed E-state index contributed by atoms with van der Waals surface area (Å²) in [6.07, 6.45) is 9.12. The zero-order valence-electron chi connectivity index (χ0n) is 10.5. The van der Waals surface area contributed by atoms with Gasteiger partial charge in [0.25, 0.3) is 0 Å². The van der Waals surface area contributed by atoms with E-state index >= 15 is 0 Å². The van der Waals surface area contributed by atoms with Crippen LogP contribution in [-0.2, 0) is 4.43 Å². The Balaban J connectivity index is 2.39. The molecule has 1 fully saturated rings. The van der Waals surface area contributed by atoms with Crippen molar-refractivity contribution >= 4 is 20.1 Å². The summed E-state index contributed by atoms with van der Waals surface area (Å²) in [7, 11) is -1.41. The molecule has 1 saturated carbocycles. The average molecular weight is 244 g/mol. The van der Waals surface area contributed by atoms with Gasteiger partial charge in [0.05, 0.1) is 0 Å². The lowest BCUT2D eigenvalue weighted by molar-refractivity contribution is 0.457. The summed E-state index contributed by atoms with van der Waals surface area (Å²) < 4.78 is 6.05. The fourth-order valence-corrected chi connectivity index (χ4v) is 4.50. The van der Waals surface area contributed by atoms with Gasteiger partial charge in [0.2, 0.25) is 8.32 Å². The topological polar surface area (TPSA) is 9.23 Å². The molecule has 3 heteroatoms. The molecule has 0 aromatic rings. The van der Waals surface area contributed by atoms with Gasteiger partial charge in [-0.05, 0) is 45.5 Å². The summed E-state index contributed by atoms with van der Waals surface area (Å²) in [6, 6.07) is 0. The predicted octanol–water partition coefficient (Wildman–Crippen LogP) is 4.77. The van der Waals surface area contributed by atoms with E-state index in [2.05, 4.69) is 32.6 Å². The zero-order chi connectivity index (χ0) is 11.3. The van der Waals surface area contributed by atoms with Crippen LogP contribution in [0, 0.1) is 0 Å². The lowest BCUT2D eigenvalue weighted by Crippen LogP contribution is -2.24. The standard InChI is InChI=1S/C12H24OSSi/c1-5-12(13-15(2,3)4)14-11-9-7-6-8-10-11/h5,11H,6-10H2,1-4H3/b12-5+. The second-order valence-electron chi connectivity index (χ2n) is 5.20. The van der Waals surface area contributed by atoms with Crippen molar-refractivity contribution in [3.8, 4) is 0 Å². The van der Waals surface area contributed by atoms with E-state index in [0.29, 0.717) is 0 Å². The second kappa shape index (κ2) is 5.99. The van der Waals surface area contributed by atoms with Gasteiger partial charge >= 0.3 is 0 Å². The van der Waals surface area contributed by atoms with Crippen LogP contribution in [0.5, 0.6) is 0 Å². The lowest BCUT2D eigenvalue weighted by Gasteiger charge is -2.26. The molecule has 0 bridgehead atoms. The fraction of sp³-hybridized carbons (Fsp3) is 0.833. The number of hydrogen-bond acceptors (Lipinski definition) is 2. The minimum Gasteiger partial charge on any atom is -0.540 e. The molecule has 0 aromatic heterocycles. The van der Waals surface area contributed by atoms with Crippen LogP contribution in [0.15, 0.2) is 11.2 Å². The van der Waals surface area contributed by atoms with E-state index in [1.54, 1.807) is 0 Å². The van der Waals surface area contributed by atoms with E-state index in [-0.39, 0.29) is 0 Å². The molecule has 0 unspecified atom stereocenters. The molecular weight excluding hydrogens is 220 g/mol. The van der Waals surface area contributed by atoms with Gasteiger partial charge in [0.15, 0.2) is 0 Å². The molecule has 1 nitrogen and oxygen atoms in total. The smallest absolute Gasteiger partial charge is 0.242 e. The molecule has 15 heavy (non-hydrogen) atoms. The molecule has 0 saturated heterocycles. The molecular formula is C12H24OSSi. The third-order valence-corrected chi connectivity index (χ3v) is 4.81. The van der Waals surface area contributed by atoms with Crippen LogP contribution in [0.1, 0.15) is 39.0 Å². The third-order valence-electron chi connectivity index (χ3n) is 2.48. The monoisotopic (exact) mass is 244 g/mol. The number of rotatable bonds is 4. The Hall–Kier alpha value is 0.107. The highest BCUT2D eigenvalue weighted by atomic mass is 32.2. The maximum Gasteiger partial charge on any atom is 0.242 e. The third kappa shape index (κ3) is 5.66. The predicted molar refractivity (Wildman–Crippen MR) is 72.7 cm³/mol. The largest absolute Gasteiger partial charge is 0.540 e. The van der Waals surface area contributed by atoms with E-state index in [1.807, 2.05) is 11.8 Å². The Kier molecular flexibility index (Phi) is 5.26. The van der Waals surface area contributed by atoms with Gasteiger partial charge in [-0.25, -0.2) is 0 Å². The Morgan fingerprint density at radius 1 is 1.20 bits per heavy atom. The first-order chi connectivity index (χ1) is 7.01. The summed E-state index contributed by atoms with van der Waals surface area (Å²) in [4.78, 5) is 0. The van der Waals surface area contributed by atoms with Crippen LogP contribution in [-0.4, -0.2) is 13.6 Å². The lowest BCUT2D eigenvalue weighted by atomic mass is 10.0. The summed E-state index contributed by atoms with van der Waals surface area (Å²) in [5.41, 5.74) is 0. The van der Waals surface area contributed by atoms with E-state index in [0.717, 1.165) is 5.25 Å². The van der Waals surface area contributed by atoms with Gasteiger partial charge in [-0.3, -0.25) is 0 Å². The zero-order valence-corrected chi connectivity index (χ0v) is 12.3. The molecule has 0 atom stereocenters. The van der Waals surface area contributed by atoms with Crippen LogP contribution < -0.4 is 0 Å².